The van der Waals surface area contributed by atoms with Gasteiger partial charge in [0, 0.05) is 56.2 Å². The molecule has 0 saturated carbocycles. The maximum Gasteiger partial charge on any atom is 0.0682 e. The van der Waals surface area contributed by atoms with Gasteiger partial charge in [0.25, 0.3) is 0 Å². The summed E-state index contributed by atoms with van der Waals surface area (Å²) < 4.78 is 1.80. The van der Waals surface area contributed by atoms with Crippen molar-refractivity contribution in [1.82, 2.24) is 19.6 Å². The van der Waals surface area contributed by atoms with Gasteiger partial charge in [-0.05, 0) is 25.3 Å². The van der Waals surface area contributed by atoms with Crippen molar-refractivity contribution < 1.29 is 5.11 Å². The second kappa shape index (κ2) is 7.35. The van der Waals surface area contributed by atoms with Crippen LogP contribution < -0.4 is 0 Å². The molecule has 0 spiro atoms. The van der Waals surface area contributed by atoms with Crippen LogP contribution >= 0.6 is 0 Å². The van der Waals surface area contributed by atoms with Gasteiger partial charge in [-0.2, -0.15) is 5.10 Å². The lowest BCUT2D eigenvalue weighted by Crippen LogP contribution is -2.56. The van der Waals surface area contributed by atoms with Gasteiger partial charge in [0.1, 0.15) is 0 Å². The minimum Gasteiger partial charge on any atom is -0.392 e. The lowest BCUT2D eigenvalue weighted by Gasteiger charge is -2.43. The van der Waals surface area contributed by atoms with Gasteiger partial charge in [-0.3, -0.25) is 9.80 Å². The van der Waals surface area contributed by atoms with Crippen LogP contribution in [0.3, 0.4) is 0 Å². The largest absolute Gasteiger partial charge is 0.392 e. The molecule has 1 aromatic carbocycles. The predicted molar refractivity (Wildman–Crippen MR) is 104 cm³/mol. The van der Waals surface area contributed by atoms with Gasteiger partial charge in [-0.25, -0.2) is 4.68 Å². The molecule has 5 nitrogen and oxygen atoms in total. The van der Waals surface area contributed by atoms with Crippen molar-refractivity contribution in [1.29, 1.82) is 0 Å². The molecule has 3 heterocycles. The van der Waals surface area contributed by atoms with E-state index in [0.717, 1.165) is 44.7 Å². The fourth-order valence-electron chi connectivity index (χ4n) is 4.44. The normalized spacial score (nSPS) is 26.8. The van der Waals surface area contributed by atoms with E-state index >= 15 is 0 Å². The highest BCUT2D eigenvalue weighted by molar-refractivity contribution is 5.24. The Kier molecular flexibility index (Phi) is 4.94. The highest BCUT2D eigenvalue weighted by atomic mass is 16.3. The van der Waals surface area contributed by atoms with Crippen molar-refractivity contribution in [2.45, 2.75) is 44.5 Å². The third kappa shape index (κ3) is 3.61. The van der Waals surface area contributed by atoms with Gasteiger partial charge < -0.3 is 5.11 Å². The Balaban J connectivity index is 1.55. The Morgan fingerprint density at radius 1 is 1.23 bits per heavy atom. The molecule has 0 aliphatic carbocycles. The molecular weight excluding hydrogens is 324 g/mol. The van der Waals surface area contributed by atoms with E-state index in [1.54, 1.807) is 10.9 Å². The van der Waals surface area contributed by atoms with E-state index in [2.05, 4.69) is 64.9 Å². The summed E-state index contributed by atoms with van der Waals surface area (Å²) >= 11 is 0. The van der Waals surface area contributed by atoms with E-state index in [4.69, 9.17) is 0 Å². The van der Waals surface area contributed by atoms with Gasteiger partial charge in [0.2, 0.25) is 0 Å². The molecule has 138 valence electrons. The zero-order chi connectivity index (χ0) is 18.1. The number of nitrogens with zero attached hydrogens (tertiary/aromatic N) is 4. The Labute approximate surface area is 155 Å². The van der Waals surface area contributed by atoms with Crippen molar-refractivity contribution in [2.75, 3.05) is 19.6 Å². The Hall–Kier alpha value is -1.95. The van der Waals surface area contributed by atoms with Gasteiger partial charge >= 0.3 is 0 Å². The monoisotopic (exact) mass is 352 g/mol. The first-order valence-electron chi connectivity index (χ1n) is 9.49. The smallest absolute Gasteiger partial charge is 0.0682 e. The number of aliphatic hydroxyl groups excluding tert-OH is 1. The molecule has 2 fully saturated rings. The van der Waals surface area contributed by atoms with Crippen LogP contribution in [-0.4, -0.2) is 62.5 Å². The van der Waals surface area contributed by atoms with Crippen LogP contribution in [0, 0.1) is 6.92 Å². The zero-order valence-corrected chi connectivity index (χ0v) is 15.5. The summed E-state index contributed by atoms with van der Waals surface area (Å²) in [7, 11) is 0. The zero-order valence-electron chi connectivity index (χ0n) is 15.5. The number of aromatic nitrogens is 2. The Morgan fingerprint density at radius 2 is 2.04 bits per heavy atom. The first kappa shape index (κ1) is 17.5. The lowest BCUT2D eigenvalue weighted by molar-refractivity contribution is 0.0444. The second-order valence-electron chi connectivity index (χ2n) is 7.67. The molecule has 2 aliphatic rings. The quantitative estimate of drug-likeness (QED) is 0.896. The highest BCUT2D eigenvalue weighted by Crippen LogP contribution is 2.28. The summed E-state index contributed by atoms with van der Waals surface area (Å²) in [5, 5.41) is 14.6. The van der Waals surface area contributed by atoms with Crippen molar-refractivity contribution in [2.24, 2.45) is 0 Å². The fourth-order valence-corrected chi connectivity index (χ4v) is 4.44. The standard InChI is InChI=1S/C21H28N4O/c1-3-25-12-18(16(2)22-25)11-23-14-20-10-21(26)15-24(20)13-19(23)9-17-7-5-4-6-8-17/h3-8,12,19-21,26H,1,9-11,13-15H2,2H3/t19-,20-,21+/m0/s1. The van der Waals surface area contributed by atoms with Crippen LogP contribution in [0.15, 0.2) is 43.1 Å². The molecule has 2 saturated heterocycles. The fraction of sp³-hybridized carbons (Fsp3) is 0.476. The summed E-state index contributed by atoms with van der Waals surface area (Å²) in [4.78, 5) is 5.07. The molecule has 5 heteroatoms. The number of piperazine rings is 1. The average molecular weight is 352 g/mol. The number of rotatable bonds is 5. The van der Waals surface area contributed by atoms with Gasteiger partial charge in [-0.15, -0.1) is 0 Å². The predicted octanol–water partition coefficient (Wildman–Crippen LogP) is 2.15. The molecule has 0 unspecified atom stereocenters. The Bertz CT molecular complexity index is 757. The maximum atomic E-state index is 10.1. The minimum absolute atomic E-state index is 0.178. The minimum atomic E-state index is -0.178. The van der Waals surface area contributed by atoms with Gasteiger partial charge in [0.15, 0.2) is 0 Å². The number of benzene rings is 1. The topological polar surface area (TPSA) is 44.5 Å². The van der Waals surface area contributed by atoms with Crippen LogP contribution in [0.2, 0.25) is 0 Å². The van der Waals surface area contributed by atoms with Crippen LogP contribution in [0.1, 0.15) is 23.2 Å². The van der Waals surface area contributed by atoms with Gasteiger partial charge in [-0.1, -0.05) is 36.9 Å². The molecule has 0 bridgehead atoms. The van der Waals surface area contributed by atoms with Crippen LogP contribution in [0.4, 0.5) is 0 Å². The maximum absolute atomic E-state index is 10.1. The number of aliphatic hydroxyl groups is 1. The molecule has 3 atom stereocenters. The van der Waals surface area contributed by atoms with E-state index in [-0.39, 0.29) is 6.10 Å². The number of hydrogen-bond donors (Lipinski definition) is 1. The SMILES string of the molecule is C=Cn1cc(CN2C[C@@H]3C[C@@H](O)CN3C[C@@H]2Cc2ccccc2)c(C)n1. The summed E-state index contributed by atoms with van der Waals surface area (Å²) in [5.41, 5.74) is 3.70. The second-order valence-corrected chi connectivity index (χ2v) is 7.67. The highest BCUT2D eigenvalue weighted by Gasteiger charge is 2.39. The van der Waals surface area contributed by atoms with E-state index in [0.29, 0.717) is 12.1 Å². The van der Waals surface area contributed by atoms with Gasteiger partial charge in [0.05, 0.1) is 11.8 Å². The van der Waals surface area contributed by atoms with Crippen LogP contribution in [-0.2, 0) is 13.0 Å². The van der Waals surface area contributed by atoms with Crippen molar-refractivity contribution in [3.8, 4) is 0 Å². The summed E-state index contributed by atoms with van der Waals surface area (Å²) in [6.07, 6.45) is 5.57. The summed E-state index contributed by atoms with van der Waals surface area (Å²) in [6, 6.07) is 11.6. The molecule has 2 aromatic rings. The molecule has 0 amide bonds. The molecular formula is C21H28N4O. The molecule has 2 aliphatic heterocycles. The van der Waals surface area contributed by atoms with Crippen LogP contribution in [0.5, 0.6) is 0 Å². The van der Waals surface area contributed by atoms with E-state index < -0.39 is 0 Å². The average Bonchev–Trinajstić information content (AvgIpc) is 3.17. The van der Waals surface area contributed by atoms with E-state index in [9.17, 15) is 5.11 Å². The number of fused-ring (bicyclic) bond motifs is 1. The van der Waals surface area contributed by atoms with Crippen molar-refractivity contribution >= 4 is 6.20 Å². The molecule has 4 rings (SSSR count). The molecule has 1 N–H and O–H groups in total. The number of hydrogen-bond acceptors (Lipinski definition) is 4. The van der Waals surface area contributed by atoms with Crippen molar-refractivity contribution in [3.63, 3.8) is 0 Å². The first-order chi connectivity index (χ1) is 12.6. The molecule has 26 heavy (non-hydrogen) atoms. The summed E-state index contributed by atoms with van der Waals surface area (Å²) in [5.74, 6) is 0. The summed E-state index contributed by atoms with van der Waals surface area (Å²) in [6.45, 7) is 9.62. The third-order valence-corrected chi connectivity index (χ3v) is 5.81. The number of aryl methyl sites for hydroxylation is 1. The third-order valence-electron chi connectivity index (χ3n) is 5.81. The molecule has 1 aromatic heterocycles. The lowest BCUT2D eigenvalue weighted by atomic mass is 9.99. The Morgan fingerprint density at radius 3 is 2.77 bits per heavy atom. The van der Waals surface area contributed by atoms with E-state index in [1.165, 1.54) is 11.1 Å². The first-order valence-corrected chi connectivity index (χ1v) is 9.49. The molecule has 0 radical (unpaired) electrons. The van der Waals surface area contributed by atoms with Crippen molar-refractivity contribution in [3.05, 3.63) is 59.9 Å². The van der Waals surface area contributed by atoms with Crippen LogP contribution in [0.25, 0.3) is 6.20 Å². The van der Waals surface area contributed by atoms with E-state index in [1.807, 2.05) is 0 Å².